The van der Waals surface area contributed by atoms with Crippen molar-refractivity contribution in [3.8, 4) is 0 Å². The van der Waals surface area contributed by atoms with Crippen molar-refractivity contribution in [1.29, 1.82) is 0 Å². The van der Waals surface area contributed by atoms with E-state index in [2.05, 4.69) is 55.5 Å². The molecule has 0 saturated heterocycles. The zero-order valence-corrected chi connectivity index (χ0v) is 12.3. The lowest BCUT2D eigenvalue weighted by molar-refractivity contribution is 0.402. The summed E-state index contributed by atoms with van der Waals surface area (Å²) >= 11 is 6.02. The predicted octanol–water partition coefficient (Wildman–Crippen LogP) is 4.45. The van der Waals surface area contributed by atoms with Gasteiger partial charge in [-0.3, -0.25) is 0 Å². The molecule has 0 unspecified atom stereocenters. The number of halogens is 1. The van der Waals surface area contributed by atoms with Gasteiger partial charge in [-0.1, -0.05) is 29.8 Å². The van der Waals surface area contributed by atoms with E-state index >= 15 is 0 Å². The molecule has 19 heavy (non-hydrogen) atoms. The first-order chi connectivity index (χ1) is 9.04. The summed E-state index contributed by atoms with van der Waals surface area (Å²) in [5, 5.41) is 4.14. The normalized spacial score (nSPS) is 10.8. The summed E-state index contributed by atoms with van der Waals surface area (Å²) < 4.78 is 0. The molecule has 0 radical (unpaired) electrons. The number of aryl methyl sites for hydroxylation is 1. The zero-order valence-electron chi connectivity index (χ0n) is 11.6. The lowest BCUT2D eigenvalue weighted by atomic mass is 10.1. The molecule has 100 valence electrons. The maximum absolute atomic E-state index is 6.02. The summed E-state index contributed by atoms with van der Waals surface area (Å²) in [5.74, 6) is 0. The van der Waals surface area contributed by atoms with Gasteiger partial charge in [-0.05, 0) is 56.4 Å². The Hall–Kier alpha value is -1.51. The van der Waals surface area contributed by atoms with E-state index in [1.165, 1.54) is 11.1 Å². The Bertz CT molecular complexity index is 547. The van der Waals surface area contributed by atoms with Gasteiger partial charge in [0.1, 0.15) is 0 Å². The Labute approximate surface area is 120 Å². The SMILES string of the molecule is Cc1ccc(Cl)cc1Nc1ccc(CN(C)C)cc1. The first-order valence-corrected chi connectivity index (χ1v) is 6.69. The minimum Gasteiger partial charge on any atom is -0.355 e. The lowest BCUT2D eigenvalue weighted by Gasteiger charge is -2.12. The fourth-order valence-electron chi connectivity index (χ4n) is 1.94. The van der Waals surface area contributed by atoms with Crippen molar-refractivity contribution >= 4 is 23.0 Å². The van der Waals surface area contributed by atoms with E-state index in [1.54, 1.807) is 0 Å². The number of hydrogen-bond donors (Lipinski definition) is 1. The monoisotopic (exact) mass is 274 g/mol. The number of hydrogen-bond acceptors (Lipinski definition) is 2. The Morgan fingerprint density at radius 2 is 1.74 bits per heavy atom. The minimum atomic E-state index is 0.748. The van der Waals surface area contributed by atoms with Gasteiger partial charge >= 0.3 is 0 Å². The van der Waals surface area contributed by atoms with Gasteiger partial charge in [0, 0.05) is 22.9 Å². The maximum atomic E-state index is 6.02. The minimum absolute atomic E-state index is 0.748. The average molecular weight is 275 g/mol. The van der Waals surface area contributed by atoms with Crippen LogP contribution in [0.1, 0.15) is 11.1 Å². The number of nitrogens with one attached hydrogen (secondary N) is 1. The molecule has 2 aromatic carbocycles. The van der Waals surface area contributed by atoms with E-state index in [0.717, 1.165) is 22.9 Å². The third-order valence-electron chi connectivity index (χ3n) is 2.93. The highest BCUT2D eigenvalue weighted by Gasteiger charge is 2.01. The van der Waals surface area contributed by atoms with Crippen molar-refractivity contribution in [3.63, 3.8) is 0 Å². The van der Waals surface area contributed by atoms with Crippen LogP contribution in [-0.2, 0) is 6.54 Å². The summed E-state index contributed by atoms with van der Waals surface area (Å²) in [5.41, 5.74) is 4.61. The van der Waals surface area contributed by atoms with Gasteiger partial charge in [0.25, 0.3) is 0 Å². The largest absolute Gasteiger partial charge is 0.355 e. The van der Waals surface area contributed by atoms with Gasteiger partial charge in [0.05, 0.1) is 0 Å². The number of nitrogens with zero attached hydrogens (tertiary/aromatic N) is 1. The number of rotatable bonds is 4. The molecule has 0 aliphatic rings. The van der Waals surface area contributed by atoms with Crippen LogP contribution < -0.4 is 5.32 Å². The molecule has 0 atom stereocenters. The highest BCUT2D eigenvalue weighted by Crippen LogP contribution is 2.24. The lowest BCUT2D eigenvalue weighted by Crippen LogP contribution is -2.10. The van der Waals surface area contributed by atoms with Crippen molar-refractivity contribution in [2.24, 2.45) is 0 Å². The molecule has 0 heterocycles. The van der Waals surface area contributed by atoms with Crippen LogP contribution in [0.2, 0.25) is 5.02 Å². The van der Waals surface area contributed by atoms with Gasteiger partial charge in [-0.15, -0.1) is 0 Å². The van der Waals surface area contributed by atoms with Crippen LogP contribution in [0.5, 0.6) is 0 Å². The van der Waals surface area contributed by atoms with Gasteiger partial charge in [0.2, 0.25) is 0 Å². The van der Waals surface area contributed by atoms with Crippen LogP contribution in [0.3, 0.4) is 0 Å². The highest BCUT2D eigenvalue weighted by atomic mass is 35.5. The van der Waals surface area contributed by atoms with Crippen LogP contribution in [0.25, 0.3) is 0 Å². The first-order valence-electron chi connectivity index (χ1n) is 6.31. The molecule has 0 spiro atoms. The highest BCUT2D eigenvalue weighted by molar-refractivity contribution is 6.30. The predicted molar refractivity (Wildman–Crippen MR) is 83.3 cm³/mol. The summed E-state index contributed by atoms with van der Waals surface area (Å²) in [6, 6.07) is 14.3. The molecule has 2 aromatic rings. The van der Waals surface area contributed by atoms with E-state index in [4.69, 9.17) is 11.6 Å². The Morgan fingerprint density at radius 1 is 1.05 bits per heavy atom. The summed E-state index contributed by atoms with van der Waals surface area (Å²) in [4.78, 5) is 2.16. The molecule has 0 bridgehead atoms. The number of anilines is 2. The van der Waals surface area contributed by atoms with Crippen LogP contribution in [0.15, 0.2) is 42.5 Å². The second-order valence-corrected chi connectivity index (χ2v) is 5.46. The van der Waals surface area contributed by atoms with E-state index in [9.17, 15) is 0 Å². The second-order valence-electron chi connectivity index (χ2n) is 5.02. The van der Waals surface area contributed by atoms with Crippen molar-refractivity contribution in [2.45, 2.75) is 13.5 Å². The quantitative estimate of drug-likeness (QED) is 0.886. The van der Waals surface area contributed by atoms with E-state index in [-0.39, 0.29) is 0 Å². The van der Waals surface area contributed by atoms with Gasteiger partial charge < -0.3 is 10.2 Å². The molecule has 0 aliphatic heterocycles. The molecular formula is C16H19ClN2. The molecule has 0 saturated carbocycles. The first kappa shape index (κ1) is 13.9. The second kappa shape index (κ2) is 6.09. The molecule has 1 N–H and O–H groups in total. The molecule has 2 nitrogen and oxygen atoms in total. The summed E-state index contributed by atoms with van der Waals surface area (Å²) in [6.45, 7) is 3.02. The molecule has 0 fully saturated rings. The molecule has 2 rings (SSSR count). The van der Waals surface area contributed by atoms with E-state index in [1.807, 2.05) is 18.2 Å². The van der Waals surface area contributed by atoms with Gasteiger partial charge in [0.15, 0.2) is 0 Å². The summed E-state index contributed by atoms with van der Waals surface area (Å²) in [7, 11) is 4.14. The maximum Gasteiger partial charge on any atom is 0.0428 e. The molecule has 0 aromatic heterocycles. The Morgan fingerprint density at radius 3 is 2.37 bits per heavy atom. The third kappa shape index (κ3) is 3.98. The Balaban J connectivity index is 2.13. The van der Waals surface area contributed by atoms with Crippen LogP contribution in [0, 0.1) is 6.92 Å². The van der Waals surface area contributed by atoms with Crippen molar-refractivity contribution in [1.82, 2.24) is 4.90 Å². The fourth-order valence-corrected chi connectivity index (χ4v) is 2.12. The fraction of sp³-hybridized carbons (Fsp3) is 0.250. The molecule has 3 heteroatoms. The van der Waals surface area contributed by atoms with Crippen LogP contribution >= 0.6 is 11.6 Å². The zero-order chi connectivity index (χ0) is 13.8. The smallest absolute Gasteiger partial charge is 0.0428 e. The van der Waals surface area contributed by atoms with Gasteiger partial charge in [-0.25, -0.2) is 0 Å². The molecular weight excluding hydrogens is 256 g/mol. The third-order valence-corrected chi connectivity index (χ3v) is 3.17. The van der Waals surface area contributed by atoms with Crippen molar-refractivity contribution < 1.29 is 0 Å². The number of benzene rings is 2. The summed E-state index contributed by atoms with van der Waals surface area (Å²) in [6.07, 6.45) is 0. The van der Waals surface area contributed by atoms with Crippen molar-refractivity contribution in [3.05, 3.63) is 58.6 Å². The molecule has 0 amide bonds. The van der Waals surface area contributed by atoms with Gasteiger partial charge in [-0.2, -0.15) is 0 Å². The standard InChI is InChI=1S/C16H19ClN2/c1-12-4-7-14(17)10-16(12)18-15-8-5-13(6-9-15)11-19(2)3/h4-10,18H,11H2,1-3H3. The topological polar surface area (TPSA) is 15.3 Å². The molecule has 0 aliphatic carbocycles. The van der Waals surface area contributed by atoms with Crippen LogP contribution in [-0.4, -0.2) is 19.0 Å². The Kier molecular flexibility index (Phi) is 4.46. The average Bonchev–Trinajstić information content (AvgIpc) is 2.35. The van der Waals surface area contributed by atoms with E-state index < -0.39 is 0 Å². The van der Waals surface area contributed by atoms with E-state index in [0.29, 0.717) is 0 Å². The van der Waals surface area contributed by atoms with Crippen molar-refractivity contribution in [2.75, 3.05) is 19.4 Å². The van der Waals surface area contributed by atoms with Crippen LogP contribution in [0.4, 0.5) is 11.4 Å².